The van der Waals surface area contributed by atoms with Crippen LogP contribution in [0, 0.1) is 25.1 Å². The highest BCUT2D eigenvalue weighted by Gasteiger charge is 2.31. The maximum Gasteiger partial charge on any atom is 0.328 e. The standard InChI is InChI=1S/C8H5N8O6/c9-7-8(12-22-11-7)13-10-6-4(14(13)17)1-3(15(18)19)2-5(6)16(20)21/h1-2,10H,(H2,9,11)/q+1. The van der Waals surface area contributed by atoms with Gasteiger partial charge in [-0.25, -0.2) is 4.63 Å². The Kier molecular flexibility index (Phi) is 2.59. The molecule has 0 aliphatic heterocycles. The quantitative estimate of drug-likeness (QED) is 0.369. The third-order valence-corrected chi connectivity index (χ3v) is 2.79. The second-order valence-corrected chi connectivity index (χ2v) is 4.04. The number of nitrogens with one attached hydrogen (secondary N) is 1. The van der Waals surface area contributed by atoms with Crippen molar-refractivity contribution in [2.45, 2.75) is 0 Å². The first-order valence-corrected chi connectivity index (χ1v) is 5.49. The van der Waals surface area contributed by atoms with E-state index in [0.29, 0.717) is 4.80 Å². The zero-order valence-electron chi connectivity index (χ0n) is 10.4. The number of aromatic amines is 1. The number of anilines is 1. The number of H-pyrrole nitrogens is 1. The van der Waals surface area contributed by atoms with Crippen molar-refractivity contribution in [2.24, 2.45) is 0 Å². The summed E-state index contributed by atoms with van der Waals surface area (Å²) in [6.45, 7) is 0. The van der Waals surface area contributed by atoms with Crippen LogP contribution in [-0.2, 0) is 0 Å². The van der Waals surface area contributed by atoms with Gasteiger partial charge >= 0.3 is 11.5 Å². The number of fused-ring (bicyclic) bond motifs is 1. The van der Waals surface area contributed by atoms with Crippen LogP contribution >= 0.6 is 0 Å². The molecule has 0 atom stereocenters. The van der Waals surface area contributed by atoms with Crippen molar-refractivity contribution >= 4 is 28.2 Å². The Bertz CT molecular complexity index is 982. The van der Waals surface area contributed by atoms with Crippen molar-refractivity contribution in [1.29, 1.82) is 0 Å². The van der Waals surface area contributed by atoms with Crippen molar-refractivity contribution in [2.75, 3.05) is 5.73 Å². The van der Waals surface area contributed by atoms with E-state index < -0.39 is 21.2 Å². The van der Waals surface area contributed by atoms with Crippen LogP contribution in [0.2, 0.25) is 0 Å². The summed E-state index contributed by atoms with van der Waals surface area (Å²) in [6.07, 6.45) is 0. The molecule has 1 aromatic carbocycles. The van der Waals surface area contributed by atoms with Crippen LogP contribution < -0.4 is 10.3 Å². The maximum atomic E-state index is 12.2. The zero-order valence-corrected chi connectivity index (χ0v) is 10.4. The molecule has 3 rings (SSSR count). The number of benzene rings is 1. The van der Waals surface area contributed by atoms with E-state index in [2.05, 4.69) is 20.0 Å². The second-order valence-electron chi connectivity index (χ2n) is 4.04. The van der Waals surface area contributed by atoms with Crippen LogP contribution in [0.4, 0.5) is 17.2 Å². The lowest BCUT2D eigenvalue weighted by Crippen LogP contribution is -2.27. The highest BCUT2D eigenvalue weighted by atomic mass is 16.6. The zero-order chi connectivity index (χ0) is 16.0. The number of aromatic nitrogens is 5. The molecule has 0 radical (unpaired) electrons. The first-order chi connectivity index (χ1) is 10.4. The van der Waals surface area contributed by atoms with Gasteiger partial charge < -0.3 is 5.73 Å². The van der Waals surface area contributed by atoms with E-state index >= 15 is 0 Å². The van der Waals surface area contributed by atoms with Crippen LogP contribution in [0.5, 0.6) is 0 Å². The van der Waals surface area contributed by atoms with E-state index in [-0.39, 0.29) is 27.2 Å². The molecule has 0 aliphatic carbocycles. The minimum absolute atomic E-state index is 0.116. The third kappa shape index (κ3) is 1.74. The number of rotatable bonds is 3. The van der Waals surface area contributed by atoms with Gasteiger partial charge in [-0.05, 0) is 15.2 Å². The van der Waals surface area contributed by atoms with Crippen molar-refractivity contribution < 1.29 is 19.0 Å². The van der Waals surface area contributed by atoms with Crippen molar-refractivity contribution in [3.63, 3.8) is 0 Å². The number of nitrogens with zero attached hydrogens (tertiary/aromatic N) is 6. The largest absolute Gasteiger partial charge is 0.377 e. The average Bonchev–Trinajstić information content (AvgIpc) is 3.01. The lowest BCUT2D eigenvalue weighted by atomic mass is 10.2. The second kappa shape index (κ2) is 4.33. The molecule has 14 heteroatoms. The molecule has 3 N–H and O–H groups in total. The Morgan fingerprint density at radius 1 is 1.27 bits per heavy atom. The van der Waals surface area contributed by atoms with E-state index in [1.54, 1.807) is 0 Å². The van der Waals surface area contributed by atoms with Gasteiger partial charge in [-0.2, -0.15) is 5.10 Å². The molecule has 2 heterocycles. The van der Waals surface area contributed by atoms with Gasteiger partial charge in [0.15, 0.2) is 0 Å². The lowest BCUT2D eigenvalue weighted by Gasteiger charge is -1.90. The first kappa shape index (κ1) is 13.2. The number of non-ortho nitro benzene ring substituents is 2. The van der Waals surface area contributed by atoms with Gasteiger partial charge in [0.05, 0.1) is 26.5 Å². The number of nitrogen functional groups attached to an aromatic ring is 1. The summed E-state index contributed by atoms with van der Waals surface area (Å²) >= 11 is 0. The molecule has 0 saturated carbocycles. The number of nitro benzene ring substituents is 2. The predicted molar refractivity (Wildman–Crippen MR) is 66.6 cm³/mol. The van der Waals surface area contributed by atoms with E-state index in [1.807, 2.05) is 0 Å². The molecule has 14 nitrogen and oxygen atoms in total. The molecule has 2 aromatic heterocycles. The fourth-order valence-electron chi connectivity index (χ4n) is 1.85. The van der Waals surface area contributed by atoms with Gasteiger partial charge in [-0.3, -0.25) is 20.2 Å². The molecule has 112 valence electrons. The fourth-order valence-corrected chi connectivity index (χ4v) is 1.85. The number of hydrogen-bond donors (Lipinski definition) is 2. The molecule has 3 aromatic rings. The Morgan fingerprint density at radius 2 is 2.00 bits per heavy atom. The van der Waals surface area contributed by atoms with Crippen LogP contribution in [-0.4, -0.2) is 30.1 Å². The summed E-state index contributed by atoms with van der Waals surface area (Å²) in [7, 11) is 0. The Hall–Kier alpha value is -3.84. The molecule has 0 saturated heterocycles. The van der Waals surface area contributed by atoms with E-state index in [1.165, 1.54) is 0 Å². The van der Waals surface area contributed by atoms with E-state index in [0.717, 1.165) is 12.1 Å². The van der Waals surface area contributed by atoms with Crippen molar-refractivity contribution in [3.8, 4) is 5.82 Å². The van der Waals surface area contributed by atoms with Gasteiger partial charge in [0, 0.05) is 4.80 Å². The van der Waals surface area contributed by atoms with Gasteiger partial charge in [0.2, 0.25) is 5.82 Å². The van der Waals surface area contributed by atoms with Crippen LogP contribution in [0.3, 0.4) is 0 Å². The number of hydrogen-bond acceptors (Lipinski definition) is 9. The minimum Gasteiger partial charge on any atom is -0.377 e. The molecule has 22 heavy (non-hydrogen) atoms. The Balaban J connectivity index is 2.41. The summed E-state index contributed by atoms with van der Waals surface area (Å²) in [5, 5.41) is 30.9. The predicted octanol–water partition coefficient (Wildman–Crippen LogP) is -0.345. The van der Waals surface area contributed by atoms with Crippen molar-refractivity contribution in [3.05, 3.63) is 37.3 Å². The van der Waals surface area contributed by atoms with E-state index in [4.69, 9.17) is 5.73 Å². The third-order valence-electron chi connectivity index (χ3n) is 2.79. The molecule has 0 fully saturated rings. The summed E-state index contributed by atoms with van der Waals surface area (Å²) in [4.78, 5) is 33.0. The van der Waals surface area contributed by atoms with Crippen molar-refractivity contribution in [1.82, 2.24) is 20.2 Å². The van der Waals surface area contributed by atoms with E-state index in [9.17, 15) is 25.1 Å². The fraction of sp³-hybridized carbons (Fsp3) is 0. The summed E-state index contributed by atoms with van der Waals surface area (Å²) < 4.78 is 4.45. The smallest absolute Gasteiger partial charge is 0.328 e. The average molecular weight is 309 g/mol. The minimum atomic E-state index is -0.861. The molecular formula is C8H5N8O6+. The van der Waals surface area contributed by atoms with Crippen LogP contribution in [0.15, 0.2) is 16.8 Å². The molecule has 0 amide bonds. The van der Waals surface area contributed by atoms with Gasteiger partial charge in [-0.1, -0.05) is 0 Å². The Morgan fingerprint density at radius 3 is 2.55 bits per heavy atom. The molecule has 0 unspecified atom stereocenters. The highest BCUT2D eigenvalue weighted by Crippen LogP contribution is 2.28. The van der Waals surface area contributed by atoms with Crippen LogP contribution in [0.1, 0.15) is 0 Å². The molecular weight excluding hydrogens is 304 g/mol. The topological polar surface area (TPSA) is 195 Å². The monoisotopic (exact) mass is 309 g/mol. The Labute approximate surface area is 117 Å². The number of nitro groups is 2. The molecule has 0 aliphatic rings. The van der Waals surface area contributed by atoms with Gasteiger partial charge in [0.1, 0.15) is 0 Å². The first-order valence-electron chi connectivity index (χ1n) is 5.49. The highest BCUT2D eigenvalue weighted by molar-refractivity contribution is 5.84. The lowest BCUT2D eigenvalue weighted by molar-refractivity contribution is -0.562. The van der Waals surface area contributed by atoms with Gasteiger partial charge in [-0.15, -0.1) is 0 Å². The SMILES string of the molecule is Nc1nonc1-n1[nH]c2c([N+](=O)[O-])cc([N+](=O)[O-])cc2[n+]1=O. The number of nitrogens with two attached hydrogens (primary N) is 1. The molecule has 0 bridgehead atoms. The molecule has 0 spiro atoms. The summed E-state index contributed by atoms with van der Waals surface area (Å²) in [6, 6.07) is 1.61. The van der Waals surface area contributed by atoms with Crippen LogP contribution in [0.25, 0.3) is 16.9 Å². The summed E-state index contributed by atoms with van der Waals surface area (Å²) in [5.74, 6) is -0.499. The maximum absolute atomic E-state index is 12.2. The van der Waals surface area contributed by atoms with Gasteiger partial charge in [0.25, 0.3) is 16.7 Å². The summed E-state index contributed by atoms with van der Waals surface area (Å²) in [5.41, 5.74) is 3.59. The normalized spacial score (nSPS) is 10.9.